The van der Waals surface area contributed by atoms with Gasteiger partial charge >= 0.3 is 0 Å². The largest absolute Gasteiger partial charge is 0.303 e. The lowest BCUT2D eigenvalue weighted by atomic mass is 9.88. The van der Waals surface area contributed by atoms with E-state index in [-0.39, 0.29) is 17.7 Å². The minimum Gasteiger partial charge on any atom is -0.303 e. The Balaban J connectivity index is 1.87. The number of para-hydroxylation sites is 1. The lowest BCUT2D eigenvalue weighted by Gasteiger charge is -2.29. The lowest BCUT2D eigenvalue weighted by Crippen LogP contribution is -2.39. The molecule has 2 aliphatic heterocycles. The van der Waals surface area contributed by atoms with Gasteiger partial charge in [0.25, 0.3) is 0 Å². The van der Waals surface area contributed by atoms with Crippen molar-refractivity contribution in [2.45, 2.75) is 13.0 Å². The molecule has 4 rings (SSSR count). The van der Waals surface area contributed by atoms with Crippen LogP contribution in [0.25, 0.3) is 0 Å². The van der Waals surface area contributed by atoms with Crippen LogP contribution in [0.3, 0.4) is 0 Å². The van der Waals surface area contributed by atoms with E-state index in [4.69, 9.17) is 0 Å². The predicted octanol–water partition coefficient (Wildman–Crippen LogP) is 2.40. The van der Waals surface area contributed by atoms with E-state index in [0.29, 0.717) is 12.2 Å². The van der Waals surface area contributed by atoms with Crippen molar-refractivity contribution < 1.29 is 14.4 Å². The van der Waals surface area contributed by atoms with Crippen molar-refractivity contribution in [1.82, 2.24) is 4.90 Å². The van der Waals surface area contributed by atoms with E-state index in [1.165, 1.54) is 4.90 Å². The highest BCUT2D eigenvalue weighted by atomic mass is 16.2. The molecule has 2 aliphatic rings. The number of rotatable bonds is 3. The van der Waals surface area contributed by atoms with Crippen LogP contribution < -0.4 is 4.90 Å². The molecule has 2 saturated heterocycles. The van der Waals surface area contributed by atoms with Gasteiger partial charge in [-0.05, 0) is 24.6 Å². The highest BCUT2D eigenvalue weighted by molar-refractivity contribution is 6.21. The van der Waals surface area contributed by atoms with Gasteiger partial charge in [0.2, 0.25) is 17.7 Å². The monoisotopic (exact) mass is 334 g/mol. The number of nitrogens with zero attached hydrogens (tertiary/aromatic N) is 2. The number of amides is 3. The van der Waals surface area contributed by atoms with Crippen molar-refractivity contribution in [3.05, 3.63) is 66.2 Å². The van der Waals surface area contributed by atoms with E-state index in [1.807, 2.05) is 60.7 Å². The summed E-state index contributed by atoms with van der Waals surface area (Å²) in [5.74, 6) is -2.50. The maximum absolute atomic E-state index is 13.1. The third-order valence-corrected chi connectivity index (χ3v) is 5.06. The maximum atomic E-state index is 13.1. The fraction of sp³-hybridized carbons (Fsp3) is 0.250. The van der Waals surface area contributed by atoms with E-state index in [9.17, 15) is 14.4 Å². The molecule has 0 bridgehead atoms. The van der Waals surface area contributed by atoms with Crippen LogP contribution in [0.4, 0.5) is 5.69 Å². The van der Waals surface area contributed by atoms with Gasteiger partial charge in [0.1, 0.15) is 5.92 Å². The topological polar surface area (TPSA) is 57.7 Å². The molecule has 0 N–H and O–H groups in total. The van der Waals surface area contributed by atoms with Crippen LogP contribution in [-0.2, 0) is 14.4 Å². The molecular weight excluding hydrogens is 316 g/mol. The Labute approximate surface area is 145 Å². The molecule has 2 heterocycles. The molecule has 0 unspecified atom stereocenters. The van der Waals surface area contributed by atoms with E-state index in [2.05, 4.69) is 0 Å². The first kappa shape index (κ1) is 15.6. The lowest BCUT2D eigenvalue weighted by molar-refractivity contribution is -0.141. The Bertz CT molecular complexity index is 835. The molecule has 3 amide bonds. The molecule has 2 aromatic carbocycles. The second kappa shape index (κ2) is 5.84. The second-order valence-corrected chi connectivity index (χ2v) is 6.32. The van der Waals surface area contributed by atoms with Gasteiger partial charge in [-0.15, -0.1) is 0 Å². The Kier molecular flexibility index (Phi) is 3.64. The minimum absolute atomic E-state index is 0.252. The highest BCUT2D eigenvalue weighted by Crippen LogP contribution is 2.48. The summed E-state index contributed by atoms with van der Waals surface area (Å²) >= 11 is 0. The summed E-state index contributed by atoms with van der Waals surface area (Å²) in [5, 5.41) is 0. The zero-order valence-corrected chi connectivity index (χ0v) is 13.8. The van der Waals surface area contributed by atoms with Gasteiger partial charge in [-0.1, -0.05) is 48.5 Å². The zero-order valence-electron chi connectivity index (χ0n) is 13.8. The summed E-state index contributed by atoms with van der Waals surface area (Å²) in [6.45, 7) is 2.05. The third kappa shape index (κ3) is 2.19. The quantitative estimate of drug-likeness (QED) is 0.640. The molecule has 0 saturated carbocycles. The number of benzene rings is 2. The Morgan fingerprint density at radius 3 is 2.00 bits per heavy atom. The minimum atomic E-state index is -0.919. The number of imide groups is 1. The summed E-state index contributed by atoms with van der Waals surface area (Å²) in [5.41, 5.74) is 1.57. The molecule has 0 aliphatic carbocycles. The molecule has 0 spiro atoms. The van der Waals surface area contributed by atoms with Gasteiger partial charge in [0, 0.05) is 12.2 Å². The van der Waals surface area contributed by atoms with Crippen molar-refractivity contribution in [2.75, 3.05) is 11.4 Å². The van der Waals surface area contributed by atoms with E-state index in [1.54, 1.807) is 11.8 Å². The first-order valence-electron chi connectivity index (χ1n) is 8.43. The number of fused-ring (bicyclic) bond motifs is 1. The average molecular weight is 334 g/mol. The van der Waals surface area contributed by atoms with Crippen LogP contribution >= 0.6 is 0 Å². The summed E-state index contributed by atoms with van der Waals surface area (Å²) in [6, 6.07) is 18.2. The number of hydrogen-bond acceptors (Lipinski definition) is 3. The average Bonchev–Trinajstić information content (AvgIpc) is 3.09. The van der Waals surface area contributed by atoms with E-state index in [0.717, 1.165) is 5.56 Å². The molecule has 0 aromatic heterocycles. The second-order valence-electron chi connectivity index (χ2n) is 6.32. The first-order valence-corrected chi connectivity index (χ1v) is 8.43. The van der Waals surface area contributed by atoms with Gasteiger partial charge in [0.15, 0.2) is 0 Å². The van der Waals surface area contributed by atoms with Crippen molar-refractivity contribution in [1.29, 1.82) is 0 Å². The number of carbonyl (C=O) groups is 3. The zero-order chi connectivity index (χ0) is 17.6. The number of likely N-dealkylation sites (tertiary alicyclic amines) is 1. The van der Waals surface area contributed by atoms with Crippen LogP contribution in [-0.4, -0.2) is 29.2 Å². The smallest absolute Gasteiger partial charge is 0.242 e. The first-order chi connectivity index (χ1) is 12.1. The summed E-state index contributed by atoms with van der Waals surface area (Å²) < 4.78 is 0. The highest BCUT2D eigenvalue weighted by Gasteiger charge is 2.62. The van der Waals surface area contributed by atoms with Gasteiger partial charge in [-0.2, -0.15) is 0 Å². The van der Waals surface area contributed by atoms with Crippen LogP contribution in [0.1, 0.15) is 18.5 Å². The molecule has 2 aromatic rings. The van der Waals surface area contributed by atoms with E-state index < -0.39 is 17.9 Å². The standard InChI is InChI=1S/C20H18N2O3/c1-2-21-18(23)15-16(19(21)24)20(25)22(14-11-7-4-8-12-14)17(15)13-9-5-3-6-10-13/h3-12,15-17H,2H2,1H3/t15-,16-,17+/m1/s1. The van der Waals surface area contributed by atoms with Crippen LogP contribution in [0.5, 0.6) is 0 Å². The normalized spacial score (nSPS) is 25.6. The summed E-state index contributed by atoms with van der Waals surface area (Å²) in [6.07, 6.45) is 0. The van der Waals surface area contributed by atoms with Crippen LogP contribution in [0.2, 0.25) is 0 Å². The van der Waals surface area contributed by atoms with Gasteiger partial charge in [-0.25, -0.2) is 0 Å². The molecule has 25 heavy (non-hydrogen) atoms. The summed E-state index contributed by atoms with van der Waals surface area (Å²) in [7, 11) is 0. The Morgan fingerprint density at radius 1 is 0.800 bits per heavy atom. The van der Waals surface area contributed by atoms with Gasteiger partial charge in [0.05, 0.1) is 12.0 Å². The van der Waals surface area contributed by atoms with E-state index >= 15 is 0 Å². The molecule has 2 fully saturated rings. The molecule has 126 valence electrons. The predicted molar refractivity (Wildman–Crippen MR) is 92.5 cm³/mol. The third-order valence-electron chi connectivity index (χ3n) is 5.06. The SMILES string of the molecule is CCN1C(=O)[C@@H]2C(=O)N(c3ccccc3)[C@@H](c3ccccc3)[C@@H]2C1=O. The number of hydrogen-bond donors (Lipinski definition) is 0. The summed E-state index contributed by atoms with van der Waals surface area (Å²) in [4.78, 5) is 41.5. The fourth-order valence-corrected chi connectivity index (χ4v) is 3.97. The van der Waals surface area contributed by atoms with Crippen molar-refractivity contribution in [3.8, 4) is 0 Å². The number of anilines is 1. The number of carbonyl (C=O) groups excluding carboxylic acids is 3. The molecule has 5 heteroatoms. The molecule has 3 atom stereocenters. The van der Waals surface area contributed by atoms with Crippen LogP contribution in [0.15, 0.2) is 60.7 Å². The molecule has 5 nitrogen and oxygen atoms in total. The maximum Gasteiger partial charge on any atom is 0.242 e. The van der Waals surface area contributed by atoms with Crippen molar-refractivity contribution in [2.24, 2.45) is 11.8 Å². The van der Waals surface area contributed by atoms with Crippen LogP contribution in [0, 0.1) is 11.8 Å². The van der Waals surface area contributed by atoms with Crippen molar-refractivity contribution in [3.63, 3.8) is 0 Å². The fourth-order valence-electron chi connectivity index (χ4n) is 3.97. The van der Waals surface area contributed by atoms with Gasteiger partial charge in [-0.3, -0.25) is 19.3 Å². The molecular formula is C20H18N2O3. The van der Waals surface area contributed by atoms with Gasteiger partial charge < -0.3 is 4.90 Å². The Hall–Kier alpha value is -2.95. The molecule has 0 radical (unpaired) electrons. The van der Waals surface area contributed by atoms with Crippen molar-refractivity contribution >= 4 is 23.4 Å². The Morgan fingerprint density at radius 2 is 1.40 bits per heavy atom.